The quantitative estimate of drug-likeness (QED) is 0.777. The largest absolute Gasteiger partial charge is 0.497 e. The molecule has 1 aromatic carbocycles. The van der Waals surface area contributed by atoms with E-state index in [1.807, 2.05) is 32.9 Å². The molecule has 24 heavy (non-hydrogen) atoms. The fourth-order valence-corrected chi connectivity index (χ4v) is 3.07. The average molecular weight is 399 g/mol. The number of amides is 1. The summed E-state index contributed by atoms with van der Waals surface area (Å²) in [7, 11) is 1.68. The van der Waals surface area contributed by atoms with Gasteiger partial charge in [-0.15, -0.1) is 0 Å². The summed E-state index contributed by atoms with van der Waals surface area (Å²) in [5, 5.41) is 0. The maximum atomic E-state index is 12.1. The lowest BCUT2D eigenvalue weighted by Crippen LogP contribution is -2.50. The van der Waals surface area contributed by atoms with Crippen LogP contribution >= 0.6 is 15.9 Å². The van der Waals surface area contributed by atoms with Gasteiger partial charge in [0.25, 0.3) is 0 Å². The molecule has 1 aliphatic heterocycles. The molecule has 0 unspecified atom stereocenters. The van der Waals surface area contributed by atoms with Crippen molar-refractivity contribution in [1.82, 2.24) is 9.80 Å². The Bertz CT molecular complexity index is 564. The highest BCUT2D eigenvalue weighted by atomic mass is 79.9. The topological polar surface area (TPSA) is 42.0 Å². The van der Waals surface area contributed by atoms with Gasteiger partial charge in [0.2, 0.25) is 0 Å². The number of rotatable bonds is 4. The van der Waals surface area contributed by atoms with E-state index in [1.165, 1.54) is 5.56 Å². The Kier molecular flexibility index (Phi) is 6.52. The van der Waals surface area contributed by atoms with Crippen LogP contribution in [0.5, 0.6) is 5.75 Å². The van der Waals surface area contributed by atoms with Crippen molar-refractivity contribution in [2.45, 2.75) is 32.8 Å². The minimum atomic E-state index is -0.438. The standard InChI is InChI=1S/C18H27BrN2O3/c1-18(2,3)24-17(22)21-11-9-20(10-12-21)8-7-14-13-15(23-4)5-6-16(14)19/h5-6,13H,7-12H2,1-4H3. The van der Waals surface area contributed by atoms with Crippen LogP contribution in [0.15, 0.2) is 22.7 Å². The summed E-state index contributed by atoms with van der Waals surface area (Å²) in [5.74, 6) is 0.878. The second kappa shape index (κ2) is 8.21. The van der Waals surface area contributed by atoms with Crippen molar-refractivity contribution in [3.05, 3.63) is 28.2 Å². The van der Waals surface area contributed by atoms with Gasteiger partial charge in [0.15, 0.2) is 0 Å². The molecule has 1 saturated heterocycles. The highest BCUT2D eigenvalue weighted by Gasteiger charge is 2.25. The highest BCUT2D eigenvalue weighted by molar-refractivity contribution is 9.10. The first-order chi connectivity index (χ1) is 11.3. The second-order valence-corrected chi connectivity index (χ2v) is 7.87. The fraction of sp³-hybridized carbons (Fsp3) is 0.611. The van der Waals surface area contributed by atoms with Crippen LogP contribution in [-0.2, 0) is 11.2 Å². The van der Waals surface area contributed by atoms with Gasteiger partial charge in [-0.3, -0.25) is 4.90 Å². The lowest BCUT2D eigenvalue weighted by atomic mass is 10.1. The first-order valence-electron chi connectivity index (χ1n) is 8.31. The lowest BCUT2D eigenvalue weighted by molar-refractivity contribution is 0.0146. The van der Waals surface area contributed by atoms with E-state index in [0.29, 0.717) is 13.1 Å². The van der Waals surface area contributed by atoms with Crippen LogP contribution in [0, 0.1) is 0 Å². The molecule has 0 aliphatic carbocycles. The van der Waals surface area contributed by atoms with E-state index in [9.17, 15) is 4.79 Å². The second-order valence-electron chi connectivity index (χ2n) is 7.02. The minimum absolute atomic E-state index is 0.210. The van der Waals surface area contributed by atoms with Gasteiger partial charge in [-0.2, -0.15) is 0 Å². The number of halogens is 1. The number of methoxy groups -OCH3 is 1. The van der Waals surface area contributed by atoms with Crippen LogP contribution in [0.4, 0.5) is 4.79 Å². The lowest BCUT2D eigenvalue weighted by Gasteiger charge is -2.35. The molecule has 5 nitrogen and oxygen atoms in total. The van der Waals surface area contributed by atoms with E-state index in [4.69, 9.17) is 9.47 Å². The van der Waals surface area contributed by atoms with Crippen LogP contribution in [-0.4, -0.2) is 61.3 Å². The molecule has 134 valence electrons. The highest BCUT2D eigenvalue weighted by Crippen LogP contribution is 2.23. The van der Waals surface area contributed by atoms with Crippen LogP contribution in [0.25, 0.3) is 0 Å². The molecule has 0 spiro atoms. The van der Waals surface area contributed by atoms with Gasteiger partial charge < -0.3 is 14.4 Å². The molecule has 1 aromatic rings. The summed E-state index contributed by atoms with van der Waals surface area (Å²) < 4.78 is 11.8. The van der Waals surface area contributed by atoms with Crippen molar-refractivity contribution in [2.75, 3.05) is 39.8 Å². The Morgan fingerprint density at radius 3 is 2.46 bits per heavy atom. The summed E-state index contributed by atoms with van der Waals surface area (Å²) in [6.45, 7) is 9.84. The molecule has 0 radical (unpaired) electrons. The molecule has 0 aromatic heterocycles. The number of piperazine rings is 1. The zero-order valence-corrected chi connectivity index (χ0v) is 16.6. The van der Waals surface area contributed by atoms with Crippen LogP contribution in [0.3, 0.4) is 0 Å². The average Bonchev–Trinajstić information content (AvgIpc) is 2.53. The van der Waals surface area contributed by atoms with E-state index in [2.05, 4.69) is 26.9 Å². The van der Waals surface area contributed by atoms with Gasteiger partial charge in [-0.1, -0.05) is 15.9 Å². The molecule has 0 bridgehead atoms. The monoisotopic (exact) mass is 398 g/mol. The van der Waals surface area contributed by atoms with Crippen LogP contribution in [0.2, 0.25) is 0 Å². The Labute approximate surface area is 153 Å². The van der Waals surface area contributed by atoms with Gasteiger partial charge in [-0.25, -0.2) is 4.79 Å². The summed E-state index contributed by atoms with van der Waals surface area (Å²) in [5.41, 5.74) is 0.802. The zero-order chi connectivity index (χ0) is 17.7. The third-order valence-electron chi connectivity index (χ3n) is 3.97. The van der Waals surface area contributed by atoms with Gasteiger partial charge in [0, 0.05) is 37.2 Å². The van der Waals surface area contributed by atoms with Gasteiger partial charge in [0.1, 0.15) is 11.4 Å². The molecule has 1 aliphatic rings. The molecule has 2 rings (SSSR count). The number of carbonyl (C=O) groups is 1. The molecular weight excluding hydrogens is 372 g/mol. The molecule has 1 amide bonds. The van der Waals surface area contributed by atoms with E-state index >= 15 is 0 Å². The summed E-state index contributed by atoms with van der Waals surface area (Å²) in [4.78, 5) is 16.3. The first kappa shape index (κ1) is 19.1. The number of ether oxygens (including phenoxy) is 2. The maximum absolute atomic E-state index is 12.1. The Morgan fingerprint density at radius 2 is 1.88 bits per heavy atom. The van der Waals surface area contributed by atoms with Crippen molar-refractivity contribution >= 4 is 22.0 Å². The van der Waals surface area contributed by atoms with E-state index in [1.54, 1.807) is 12.0 Å². The molecule has 1 fully saturated rings. The van der Waals surface area contributed by atoms with E-state index in [0.717, 1.165) is 36.3 Å². The zero-order valence-electron chi connectivity index (χ0n) is 15.0. The van der Waals surface area contributed by atoms with Crippen molar-refractivity contribution in [1.29, 1.82) is 0 Å². The first-order valence-corrected chi connectivity index (χ1v) is 9.10. The maximum Gasteiger partial charge on any atom is 0.410 e. The normalized spacial score (nSPS) is 16.1. The van der Waals surface area contributed by atoms with Gasteiger partial charge in [-0.05, 0) is 51.0 Å². The number of hydrogen-bond acceptors (Lipinski definition) is 4. The van der Waals surface area contributed by atoms with Crippen molar-refractivity contribution < 1.29 is 14.3 Å². The third-order valence-corrected chi connectivity index (χ3v) is 4.75. The van der Waals surface area contributed by atoms with Crippen molar-refractivity contribution in [3.63, 3.8) is 0 Å². The predicted octanol–water partition coefficient (Wildman–Crippen LogP) is 3.55. The molecule has 0 saturated carbocycles. The van der Waals surface area contributed by atoms with Crippen LogP contribution in [0.1, 0.15) is 26.3 Å². The minimum Gasteiger partial charge on any atom is -0.497 e. The van der Waals surface area contributed by atoms with Gasteiger partial charge in [0.05, 0.1) is 7.11 Å². The van der Waals surface area contributed by atoms with Crippen molar-refractivity contribution in [3.8, 4) is 5.75 Å². The van der Waals surface area contributed by atoms with Crippen molar-refractivity contribution in [2.24, 2.45) is 0 Å². The van der Waals surface area contributed by atoms with E-state index in [-0.39, 0.29) is 6.09 Å². The molecule has 0 N–H and O–H groups in total. The Morgan fingerprint density at radius 1 is 1.21 bits per heavy atom. The number of benzene rings is 1. The summed E-state index contributed by atoms with van der Waals surface area (Å²) in [6, 6.07) is 6.04. The molecule has 0 atom stereocenters. The van der Waals surface area contributed by atoms with Gasteiger partial charge >= 0.3 is 6.09 Å². The molecule has 6 heteroatoms. The third kappa shape index (κ3) is 5.67. The Balaban J connectivity index is 1.80. The predicted molar refractivity (Wildman–Crippen MR) is 98.6 cm³/mol. The smallest absolute Gasteiger partial charge is 0.410 e. The molecule has 1 heterocycles. The number of carbonyl (C=O) groups excluding carboxylic acids is 1. The van der Waals surface area contributed by atoms with E-state index < -0.39 is 5.60 Å². The van der Waals surface area contributed by atoms with Crippen LogP contribution < -0.4 is 4.74 Å². The fourth-order valence-electron chi connectivity index (χ4n) is 2.63. The summed E-state index contributed by atoms with van der Waals surface area (Å²) in [6.07, 6.45) is 0.738. The Hall–Kier alpha value is -1.27. The SMILES string of the molecule is COc1ccc(Br)c(CCN2CCN(C(=O)OC(C)(C)C)CC2)c1. The number of nitrogens with zero attached hydrogens (tertiary/aromatic N) is 2. The molecular formula is C18H27BrN2O3. The number of hydrogen-bond donors (Lipinski definition) is 0. The summed E-state index contributed by atoms with van der Waals surface area (Å²) >= 11 is 3.60.